The number of aryl methyl sites for hydroxylation is 1. The van der Waals surface area contributed by atoms with Gasteiger partial charge in [0.25, 0.3) is 6.04 Å². The van der Waals surface area contributed by atoms with Crippen molar-refractivity contribution in [3.05, 3.63) is 62.7 Å². The average molecular weight is 424 g/mol. The van der Waals surface area contributed by atoms with E-state index in [1.54, 1.807) is 6.07 Å². The molecule has 8 heteroatoms. The highest BCUT2D eigenvalue weighted by Gasteiger charge is 2.43. The molecule has 0 saturated heterocycles. The Balaban J connectivity index is 1.72. The van der Waals surface area contributed by atoms with Crippen molar-refractivity contribution < 1.29 is 23.9 Å². The van der Waals surface area contributed by atoms with Crippen LogP contribution in [-0.2, 0) is 11.2 Å². The van der Waals surface area contributed by atoms with Crippen LogP contribution in [-0.4, -0.2) is 42.4 Å². The van der Waals surface area contributed by atoms with Crippen LogP contribution in [0.1, 0.15) is 48.9 Å². The Morgan fingerprint density at radius 2 is 1.84 bits per heavy atom. The van der Waals surface area contributed by atoms with Crippen molar-refractivity contribution in [1.29, 1.82) is 0 Å². The Morgan fingerprint density at radius 3 is 2.52 bits per heavy atom. The van der Waals surface area contributed by atoms with Crippen molar-refractivity contribution in [3.63, 3.8) is 0 Å². The van der Waals surface area contributed by atoms with Gasteiger partial charge in [-0.2, -0.15) is 0 Å². The summed E-state index contributed by atoms with van der Waals surface area (Å²) in [4.78, 5) is 16.6. The van der Waals surface area contributed by atoms with E-state index in [-0.39, 0.29) is 23.9 Å². The lowest BCUT2D eigenvalue weighted by Crippen LogP contribution is -2.38. The molecule has 3 aliphatic rings. The summed E-state index contributed by atoms with van der Waals surface area (Å²) in [6, 6.07) is 8.64. The van der Waals surface area contributed by atoms with E-state index in [9.17, 15) is 10.1 Å². The lowest BCUT2D eigenvalue weighted by Gasteiger charge is -2.30. The van der Waals surface area contributed by atoms with E-state index in [2.05, 4.69) is 6.92 Å². The van der Waals surface area contributed by atoms with Gasteiger partial charge < -0.3 is 18.9 Å². The highest BCUT2D eigenvalue weighted by molar-refractivity contribution is 5.97. The summed E-state index contributed by atoms with van der Waals surface area (Å²) in [5, 5.41) is 12.1. The maximum atomic E-state index is 12.1. The summed E-state index contributed by atoms with van der Waals surface area (Å²) in [6.45, 7) is 6.64. The van der Waals surface area contributed by atoms with Crippen LogP contribution in [0.15, 0.2) is 35.3 Å². The quantitative estimate of drug-likeness (QED) is 0.549. The van der Waals surface area contributed by atoms with Gasteiger partial charge in [-0.05, 0) is 43.5 Å². The smallest absolute Gasteiger partial charge is 0.257 e. The number of ether oxygens (including phenoxy) is 4. The fourth-order valence-electron chi connectivity index (χ4n) is 4.35. The molecular formula is C23H24N2O6. The van der Waals surface area contributed by atoms with Crippen LogP contribution in [0.3, 0.4) is 0 Å². The summed E-state index contributed by atoms with van der Waals surface area (Å²) in [6.07, 6.45) is 0.812. The molecular weight excluding hydrogens is 400 g/mol. The van der Waals surface area contributed by atoms with Crippen LogP contribution in [0.2, 0.25) is 0 Å². The molecule has 5 rings (SSSR count). The van der Waals surface area contributed by atoms with Gasteiger partial charge in [-0.25, -0.2) is 4.99 Å². The third-order valence-corrected chi connectivity index (χ3v) is 5.96. The Labute approximate surface area is 179 Å². The Bertz CT molecular complexity index is 1090. The van der Waals surface area contributed by atoms with Crippen molar-refractivity contribution >= 4 is 5.90 Å². The van der Waals surface area contributed by atoms with Gasteiger partial charge in [0.15, 0.2) is 18.1 Å². The van der Waals surface area contributed by atoms with E-state index in [0.717, 1.165) is 23.1 Å². The maximum Gasteiger partial charge on any atom is 0.257 e. The molecule has 0 spiro atoms. The van der Waals surface area contributed by atoms with Crippen molar-refractivity contribution in [3.8, 4) is 17.2 Å². The molecule has 0 N–H and O–H groups in total. The topological polar surface area (TPSA) is 92.4 Å². The standard InChI is InChI=1S/C23H24N2O6/c1-4-13-5-6-14(22-24-23(2,3)11-29-22)15(7-13)21-16-8-19-20(31-12-30-19)9-18(16)28-10-17(21)25(26)27/h5-9,17,21H,4,10-12H2,1-3H3/t17-,21-/m1/s1. The Morgan fingerprint density at radius 1 is 1.06 bits per heavy atom. The van der Waals surface area contributed by atoms with Crippen LogP contribution < -0.4 is 14.2 Å². The molecule has 0 amide bonds. The zero-order valence-electron chi connectivity index (χ0n) is 17.7. The number of nitrogens with zero attached hydrogens (tertiary/aromatic N) is 2. The van der Waals surface area contributed by atoms with E-state index in [0.29, 0.717) is 35.3 Å². The molecule has 31 heavy (non-hydrogen) atoms. The lowest BCUT2D eigenvalue weighted by molar-refractivity contribution is -0.528. The van der Waals surface area contributed by atoms with Gasteiger partial charge in [-0.1, -0.05) is 19.1 Å². The first-order valence-corrected chi connectivity index (χ1v) is 10.4. The molecule has 0 bridgehead atoms. The van der Waals surface area contributed by atoms with Gasteiger partial charge in [-0.3, -0.25) is 10.1 Å². The van der Waals surface area contributed by atoms with Crippen LogP contribution >= 0.6 is 0 Å². The minimum absolute atomic E-state index is 0.0288. The number of fused-ring (bicyclic) bond motifs is 2. The second-order valence-electron chi connectivity index (χ2n) is 8.68. The fraction of sp³-hybridized carbons (Fsp3) is 0.435. The van der Waals surface area contributed by atoms with Crippen molar-refractivity contribution in [2.45, 2.75) is 44.7 Å². The number of rotatable bonds is 4. The second kappa shape index (κ2) is 7.14. The largest absolute Gasteiger partial charge is 0.486 e. The number of hydrogen-bond acceptors (Lipinski definition) is 7. The summed E-state index contributed by atoms with van der Waals surface area (Å²) in [7, 11) is 0. The first-order valence-electron chi connectivity index (χ1n) is 10.4. The number of hydrogen-bond donors (Lipinski definition) is 0. The predicted molar refractivity (Wildman–Crippen MR) is 113 cm³/mol. The Kier molecular flexibility index (Phi) is 4.53. The Hall–Kier alpha value is -3.29. The maximum absolute atomic E-state index is 12.1. The summed E-state index contributed by atoms with van der Waals surface area (Å²) < 4.78 is 22.7. The molecule has 0 fully saturated rings. The van der Waals surface area contributed by atoms with Crippen LogP contribution in [0.4, 0.5) is 0 Å². The number of nitro groups is 1. The van der Waals surface area contributed by atoms with Gasteiger partial charge in [0.1, 0.15) is 12.4 Å². The molecule has 0 radical (unpaired) electrons. The van der Waals surface area contributed by atoms with Gasteiger partial charge >= 0.3 is 0 Å². The molecule has 2 aromatic rings. The van der Waals surface area contributed by atoms with Crippen molar-refractivity contribution in [2.24, 2.45) is 4.99 Å². The number of benzene rings is 2. The monoisotopic (exact) mass is 424 g/mol. The van der Waals surface area contributed by atoms with Crippen molar-refractivity contribution in [2.75, 3.05) is 20.0 Å². The molecule has 162 valence electrons. The predicted octanol–water partition coefficient (Wildman–Crippen LogP) is 3.70. The third-order valence-electron chi connectivity index (χ3n) is 5.96. The molecule has 0 aromatic heterocycles. The normalized spacial score (nSPS) is 22.9. The molecule has 3 aliphatic heterocycles. The molecule has 8 nitrogen and oxygen atoms in total. The van der Waals surface area contributed by atoms with Gasteiger partial charge in [0, 0.05) is 22.1 Å². The van der Waals surface area contributed by atoms with Crippen LogP contribution in [0, 0.1) is 10.1 Å². The minimum Gasteiger partial charge on any atom is -0.486 e. The van der Waals surface area contributed by atoms with Gasteiger partial charge in [0.2, 0.25) is 12.7 Å². The zero-order valence-corrected chi connectivity index (χ0v) is 17.7. The summed E-state index contributed by atoms with van der Waals surface area (Å²) >= 11 is 0. The fourth-order valence-corrected chi connectivity index (χ4v) is 4.35. The minimum atomic E-state index is -0.950. The highest BCUT2D eigenvalue weighted by Crippen LogP contribution is 2.47. The molecule has 3 heterocycles. The van der Waals surface area contributed by atoms with Crippen LogP contribution in [0.25, 0.3) is 0 Å². The highest BCUT2D eigenvalue weighted by atomic mass is 16.7. The average Bonchev–Trinajstić information content (AvgIpc) is 3.35. The first kappa shape index (κ1) is 19.7. The molecule has 0 aliphatic carbocycles. The van der Waals surface area contributed by atoms with E-state index < -0.39 is 12.0 Å². The van der Waals surface area contributed by atoms with Gasteiger partial charge in [-0.15, -0.1) is 0 Å². The van der Waals surface area contributed by atoms with E-state index in [4.69, 9.17) is 23.9 Å². The molecule has 2 aromatic carbocycles. The van der Waals surface area contributed by atoms with E-state index >= 15 is 0 Å². The van der Waals surface area contributed by atoms with E-state index in [1.807, 2.05) is 38.1 Å². The third kappa shape index (κ3) is 3.36. The second-order valence-corrected chi connectivity index (χ2v) is 8.68. The van der Waals surface area contributed by atoms with Gasteiger partial charge in [0.05, 0.1) is 11.5 Å². The molecule has 0 saturated carbocycles. The van der Waals surface area contributed by atoms with Crippen LogP contribution in [0.5, 0.6) is 17.2 Å². The first-order chi connectivity index (χ1) is 14.9. The summed E-state index contributed by atoms with van der Waals surface area (Å²) in [5.74, 6) is 1.73. The SMILES string of the molecule is CCc1ccc(C2=NC(C)(C)CO2)c([C@@H]2c3cc4c(cc3OC[C@H]2[N+](=O)[O-])OCO4)c1. The zero-order chi connectivity index (χ0) is 21.8. The lowest BCUT2D eigenvalue weighted by atomic mass is 9.80. The number of aliphatic imine (C=N–C) groups is 1. The molecule has 0 unspecified atom stereocenters. The van der Waals surface area contributed by atoms with Crippen molar-refractivity contribution in [1.82, 2.24) is 0 Å². The molecule has 2 atom stereocenters. The van der Waals surface area contributed by atoms with E-state index in [1.165, 1.54) is 0 Å². The summed E-state index contributed by atoms with van der Waals surface area (Å²) in [5.41, 5.74) is 3.07.